The van der Waals surface area contributed by atoms with Crippen molar-refractivity contribution in [1.82, 2.24) is 10.2 Å². The number of ether oxygens (including phenoxy) is 1. The third kappa shape index (κ3) is 4.29. The number of hydrogen-bond donors (Lipinski definition) is 2. The fraction of sp³-hybridized carbons (Fsp3) is 0.500. The monoisotopic (exact) mass is 345 g/mol. The second kappa shape index (κ2) is 7.55. The Morgan fingerprint density at radius 2 is 2.24 bits per heavy atom. The van der Waals surface area contributed by atoms with E-state index in [9.17, 15) is 14.4 Å². The molecule has 0 radical (unpaired) electrons. The van der Waals surface area contributed by atoms with Crippen molar-refractivity contribution >= 4 is 23.4 Å². The fourth-order valence-electron chi connectivity index (χ4n) is 3.08. The van der Waals surface area contributed by atoms with Crippen molar-refractivity contribution in [3.63, 3.8) is 0 Å². The highest BCUT2D eigenvalue weighted by atomic mass is 16.5. The Labute approximate surface area is 146 Å². The minimum atomic E-state index is -0.824. The maximum atomic E-state index is 12.1. The van der Waals surface area contributed by atoms with E-state index in [1.807, 2.05) is 24.0 Å². The highest BCUT2D eigenvalue weighted by molar-refractivity contribution is 6.00. The number of nitrogens with one attached hydrogen (secondary N) is 2. The number of benzene rings is 1. The first-order valence-corrected chi connectivity index (χ1v) is 8.65. The maximum absolute atomic E-state index is 12.1. The summed E-state index contributed by atoms with van der Waals surface area (Å²) in [5.41, 5.74) is 1.66. The van der Waals surface area contributed by atoms with Gasteiger partial charge in [0, 0.05) is 26.1 Å². The predicted molar refractivity (Wildman–Crippen MR) is 92.3 cm³/mol. The molecule has 3 amide bonds. The molecule has 134 valence electrons. The zero-order chi connectivity index (χ0) is 17.8. The summed E-state index contributed by atoms with van der Waals surface area (Å²) in [6.45, 7) is 3.88. The van der Waals surface area contributed by atoms with Gasteiger partial charge in [0.05, 0.1) is 12.1 Å². The molecule has 0 saturated carbocycles. The largest absolute Gasteiger partial charge is 0.478 e. The normalized spacial score (nSPS) is 19.2. The van der Waals surface area contributed by atoms with Crippen LogP contribution in [-0.4, -0.2) is 48.4 Å². The molecule has 0 aliphatic carbocycles. The first-order valence-electron chi connectivity index (χ1n) is 8.65. The molecule has 7 heteroatoms. The van der Waals surface area contributed by atoms with Gasteiger partial charge in [-0.3, -0.25) is 14.4 Å². The lowest BCUT2D eigenvalue weighted by molar-refractivity contribution is -0.130. The van der Waals surface area contributed by atoms with Crippen LogP contribution in [0, 0.1) is 6.92 Å². The number of likely N-dealkylation sites (tertiary alicyclic amines) is 1. The number of carbonyl (C=O) groups excluding carboxylic acids is 3. The lowest BCUT2D eigenvalue weighted by atomic mass is 10.1. The topological polar surface area (TPSA) is 87.7 Å². The molecule has 2 heterocycles. The van der Waals surface area contributed by atoms with Gasteiger partial charge in [-0.2, -0.15) is 0 Å². The van der Waals surface area contributed by atoms with E-state index in [1.165, 1.54) is 0 Å². The van der Waals surface area contributed by atoms with Crippen LogP contribution in [0.5, 0.6) is 5.75 Å². The van der Waals surface area contributed by atoms with Gasteiger partial charge in [-0.25, -0.2) is 0 Å². The van der Waals surface area contributed by atoms with E-state index in [1.54, 1.807) is 6.07 Å². The smallest absolute Gasteiger partial charge is 0.266 e. The molecule has 2 aliphatic rings. The van der Waals surface area contributed by atoms with E-state index in [-0.39, 0.29) is 24.1 Å². The molecule has 0 spiro atoms. The van der Waals surface area contributed by atoms with Gasteiger partial charge in [0.15, 0.2) is 6.10 Å². The highest BCUT2D eigenvalue weighted by Crippen LogP contribution is 2.30. The quantitative estimate of drug-likeness (QED) is 0.759. The van der Waals surface area contributed by atoms with E-state index in [4.69, 9.17) is 4.74 Å². The van der Waals surface area contributed by atoms with Crippen LogP contribution in [0.15, 0.2) is 18.2 Å². The van der Waals surface area contributed by atoms with Crippen LogP contribution in [0.3, 0.4) is 0 Å². The Kier molecular flexibility index (Phi) is 5.21. The Hall–Kier alpha value is -2.57. The maximum Gasteiger partial charge on any atom is 0.266 e. The molecule has 7 nitrogen and oxygen atoms in total. The molecule has 1 saturated heterocycles. The van der Waals surface area contributed by atoms with Crippen LogP contribution >= 0.6 is 0 Å². The van der Waals surface area contributed by atoms with Crippen LogP contribution in [0.2, 0.25) is 0 Å². The van der Waals surface area contributed by atoms with Crippen LogP contribution in [0.25, 0.3) is 0 Å². The van der Waals surface area contributed by atoms with Crippen molar-refractivity contribution in [3.05, 3.63) is 23.8 Å². The summed E-state index contributed by atoms with van der Waals surface area (Å²) in [6.07, 6.45) is 1.40. The molecule has 1 fully saturated rings. The Bertz CT molecular complexity index is 689. The van der Waals surface area contributed by atoms with Gasteiger partial charge in [-0.15, -0.1) is 0 Å². The minimum Gasteiger partial charge on any atom is -0.478 e. The van der Waals surface area contributed by atoms with Gasteiger partial charge in [-0.05, 0) is 37.5 Å². The average Bonchev–Trinajstić information content (AvgIpc) is 2.98. The fourth-order valence-corrected chi connectivity index (χ4v) is 3.08. The average molecular weight is 345 g/mol. The zero-order valence-corrected chi connectivity index (χ0v) is 14.3. The predicted octanol–water partition coefficient (Wildman–Crippen LogP) is 1.21. The van der Waals surface area contributed by atoms with E-state index in [2.05, 4.69) is 10.6 Å². The lowest BCUT2D eigenvalue weighted by Crippen LogP contribution is -2.41. The molecule has 3 rings (SSSR count). The van der Waals surface area contributed by atoms with Crippen LogP contribution in [-0.2, 0) is 14.4 Å². The number of nitrogens with zero attached hydrogens (tertiary/aromatic N) is 1. The first kappa shape index (κ1) is 17.3. The third-order valence-corrected chi connectivity index (χ3v) is 4.42. The molecular weight excluding hydrogens is 322 g/mol. The first-order chi connectivity index (χ1) is 12.0. The highest BCUT2D eigenvalue weighted by Gasteiger charge is 2.29. The van der Waals surface area contributed by atoms with Crippen LogP contribution in [0.1, 0.15) is 31.2 Å². The summed E-state index contributed by atoms with van der Waals surface area (Å²) >= 11 is 0. The SMILES string of the molecule is Cc1ccc2c(c1)NC(=O)[C@@H](CC(=O)NCCCN1CCCC1=O)O2. The molecule has 25 heavy (non-hydrogen) atoms. The molecule has 0 aromatic heterocycles. The van der Waals surface area contributed by atoms with Crippen molar-refractivity contribution in [1.29, 1.82) is 0 Å². The van der Waals surface area contributed by atoms with Gasteiger partial charge in [-0.1, -0.05) is 6.07 Å². The summed E-state index contributed by atoms with van der Waals surface area (Å²) in [4.78, 5) is 37.4. The standard InChI is InChI=1S/C18H23N3O4/c1-12-5-6-14-13(10-12)20-18(24)15(25-14)11-16(22)19-7-3-9-21-8-2-4-17(21)23/h5-6,10,15H,2-4,7-9,11H2,1H3,(H,19,22)(H,20,24)/t15-/m1/s1. The summed E-state index contributed by atoms with van der Waals surface area (Å²) in [6, 6.07) is 5.53. The summed E-state index contributed by atoms with van der Waals surface area (Å²) in [7, 11) is 0. The van der Waals surface area contributed by atoms with Crippen molar-refractivity contribution in [3.8, 4) is 5.75 Å². The molecule has 1 atom stereocenters. The number of rotatable bonds is 6. The zero-order valence-electron chi connectivity index (χ0n) is 14.3. The van der Waals surface area contributed by atoms with Gasteiger partial charge < -0.3 is 20.3 Å². The number of carbonyl (C=O) groups is 3. The van der Waals surface area contributed by atoms with Crippen molar-refractivity contribution in [2.24, 2.45) is 0 Å². The van der Waals surface area contributed by atoms with Gasteiger partial charge in [0.25, 0.3) is 5.91 Å². The minimum absolute atomic E-state index is 0.0260. The molecule has 2 N–H and O–H groups in total. The Morgan fingerprint density at radius 1 is 1.40 bits per heavy atom. The number of fused-ring (bicyclic) bond motifs is 1. The molecule has 1 aromatic carbocycles. The number of hydrogen-bond acceptors (Lipinski definition) is 4. The van der Waals surface area contributed by atoms with Crippen LogP contribution < -0.4 is 15.4 Å². The summed E-state index contributed by atoms with van der Waals surface area (Å²) < 4.78 is 5.65. The lowest BCUT2D eigenvalue weighted by Gasteiger charge is -2.25. The van der Waals surface area contributed by atoms with E-state index in [0.29, 0.717) is 37.4 Å². The molecule has 1 aromatic rings. The summed E-state index contributed by atoms with van der Waals surface area (Å²) in [5, 5.41) is 5.56. The van der Waals surface area contributed by atoms with Crippen molar-refractivity contribution in [2.75, 3.05) is 25.0 Å². The van der Waals surface area contributed by atoms with Crippen LogP contribution in [0.4, 0.5) is 5.69 Å². The Balaban J connectivity index is 1.42. The van der Waals surface area contributed by atoms with E-state index >= 15 is 0 Å². The summed E-state index contributed by atoms with van der Waals surface area (Å²) in [5.74, 6) is 0.224. The molecular formula is C18H23N3O4. The van der Waals surface area contributed by atoms with Crippen molar-refractivity contribution < 1.29 is 19.1 Å². The van der Waals surface area contributed by atoms with E-state index in [0.717, 1.165) is 18.5 Å². The number of anilines is 1. The molecule has 2 aliphatic heterocycles. The Morgan fingerprint density at radius 3 is 3.00 bits per heavy atom. The second-order valence-electron chi connectivity index (χ2n) is 6.49. The molecule has 0 unspecified atom stereocenters. The third-order valence-electron chi connectivity index (χ3n) is 4.42. The second-order valence-corrected chi connectivity index (χ2v) is 6.49. The van der Waals surface area contributed by atoms with Gasteiger partial charge >= 0.3 is 0 Å². The molecule has 0 bridgehead atoms. The number of aryl methyl sites for hydroxylation is 1. The van der Waals surface area contributed by atoms with Gasteiger partial charge in [0.1, 0.15) is 5.75 Å². The van der Waals surface area contributed by atoms with Gasteiger partial charge in [0.2, 0.25) is 11.8 Å². The van der Waals surface area contributed by atoms with E-state index < -0.39 is 6.10 Å². The number of amides is 3. The van der Waals surface area contributed by atoms with Crippen molar-refractivity contribution in [2.45, 2.75) is 38.7 Å².